The third-order valence-corrected chi connectivity index (χ3v) is 4.49. The Bertz CT molecular complexity index is 628. The predicted molar refractivity (Wildman–Crippen MR) is 127 cm³/mol. The molecule has 29 heavy (non-hydrogen) atoms. The minimum absolute atomic E-state index is 0. The highest BCUT2D eigenvalue weighted by molar-refractivity contribution is 14.0. The highest BCUT2D eigenvalue weighted by atomic mass is 127. The molecule has 0 bridgehead atoms. The number of nitrogens with zero attached hydrogens (tertiary/aromatic N) is 2. The first kappa shape index (κ1) is 25.5. The molecule has 8 heteroatoms. The summed E-state index contributed by atoms with van der Waals surface area (Å²) in [7, 11) is 1.69. The third-order valence-electron chi connectivity index (χ3n) is 4.49. The summed E-state index contributed by atoms with van der Waals surface area (Å²) in [5.41, 5.74) is 1.10. The van der Waals surface area contributed by atoms with Crippen LogP contribution in [-0.4, -0.2) is 63.3 Å². The van der Waals surface area contributed by atoms with Crippen molar-refractivity contribution in [1.82, 2.24) is 15.5 Å². The number of carbonyl (C=O) groups is 1. The molecular weight excluding hydrogens is 483 g/mol. The zero-order valence-electron chi connectivity index (χ0n) is 17.6. The van der Waals surface area contributed by atoms with Crippen molar-refractivity contribution in [2.75, 3.05) is 46.5 Å². The Morgan fingerprint density at radius 3 is 2.83 bits per heavy atom. The molecule has 2 rings (SSSR count). The molecule has 0 aliphatic carbocycles. The van der Waals surface area contributed by atoms with Crippen LogP contribution in [0.5, 0.6) is 5.75 Å². The summed E-state index contributed by atoms with van der Waals surface area (Å²) in [4.78, 5) is 18.2. The summed E-state index contributed by atoms with van der Waals surface area (Å²) in [5, 5.41) is 6.61. The second-order valence-corrected chi connectivity index (χ2v) is 6.80. The van der Waals surface area contributed by atoms with Gasteiger partial charge in [0, 0.05) is 52.7 Å². The number of likely N-dealkylation sites (tertiary alicyclic amines) is 1. The number of nitrogens with one attached hydrogen (secondary N) is 2. The average Bonchev–Trinajstić information content (AvgIpc) is 3.11. The highest BCUT2D eigenvalue weighted by Gasteiger charge is 2.18. The monoisotopic (exact) mass is 518 g/mol. The molecule has 1 heterocycles. The van der Waals surface area contributed by atoms with E-state index in [2.05, 4.69) is 22.5 Å². The van der Waals surface area contributed by atoms with E-state index in [0.717, 1.165) is 62.7 Å². The fourth-order valence-corrected chi connectivity index (χ4v) is 3.06. The molecule has 1 aliphatic heterocycles. The number of aliphatic imine (C=N–C) groups is 1. The Morgan fingerprint density at radius 2 is 2.10 bits per heavy atom. The van der Waals surface area contributed by atoms with E-state index in [0.29, 0.717) is 26.2 Å². The summed E-state index contributed by atoms with van der Waals surface area (Å²) in [6, 6.07) is 8.03. The maximum Gasteiger partial charge on any atom is 0.222 e. The maximum absolute atomic E-state index is 11.6. The van der Waals surface area contributed by atoms with Gasteiger partial charge in [0.05, 0.1) is 13.2 Å². The summed E-state index contributed by atoms with van der Waals surface area (Å²) in [5.74, 6) is 1.93. The van der Waals surface area contributed by atoms with Crippen LogP contribution >= 0.6 is 24.0 Å². The van der Waals surface area contributed by atoms with E-state index in [4.69, 9.17) is 9.47 Å². The lowest BCUT2D eigenvalue weighted by Crippen LogP contribution is -2.39. The van der Waals surface area contributed by atoms with Gasteiger partial charge in [0.25, 0.3) is 0 Å². The molecule has 0 spiro atoms. The molecule has 0 radical (unpaired) electrons. The highest BCUT2D eigenvalue weighted by Crippen LogP contribution is 2.14. The molecule has 7 nitrogen and oxygen atoms in total. The van der Waals surface area contributed by atoms with E-state index in [9.17, 15) is 4.79 Å². The number of guanidine groups is 1. The summed E-state index contributed by atoms with van der Waals surface area (Å²) < 4.78 is 10.8. The molecule has 0 unspecified atom stereocenters. The lowest BCUT2D eigenvalue weighted by Gasteiger charge is -2.16. The van der Waals surface area contributed by atoms with Gasteiger partial charge in [0.1, 0.15) is 5.75 Å². The molecule has 0 saturated carbocycles. The fraction of sp³-hybridized carbons (Fsp3) is 0.619. The minimum Gasteiger partial charge on any atom is -0.493 e. The second-order valence-electron chi connectivity index (χ2n) is 6.80. The molecule has 1 fully saturated rings. The van der Waals surface area contributed by atoms with Crippen molar-refractivity contribution in [2.45, 2.75) is 39.2 Å². The van der Waals surface area contributed by atoms with Crippen LogP contribution in [0.4, 0.5) is 0 Å². The zero-order chi connectivity index (χ0) is 20.0. The van der Waals surface area contributed by atoms with Gasteiger partial charge in [-0.1, -0.05) is 12.1 Å². The average molecular weight is 518 g/mol. The van der Waals surface area contributed by atoms with E-state index >= 15 is 0 Å². The van der Waals surface area contributed by atoms with E-state index in [1.54, 1.807) is 7.11 Å². The smallest absolute Gasteiger partial charge is 0.222 e. The Balaban J connectivity index is 0.00000420. The second kappa shape index (κ2) is 15.3. The van der Waals surface area contributed by atoms with Crippen LogP contribution in [0.3, 0.4) is 0 Å². The molecule has 1 saturated heterocycles. The van der Waals surface area contributed by atoms with E-state index in [-0.39, 0.29) is 29.9 Å². The minimum atomic E-state index is 0. The number of halogens is 1. The van der Waals surface area contributed by atoms with Crippen molar-refractivity contribution in [1.29, 1.82) is 0 Å². The molecule has 1 amide bonds. The van der Waals surface area contributed by atoms with Crippen LogP contribution in [0.1, 0.15) is 38.2 Å². The number of amides is 1. The molecule has 1 aromatic rings. The largest absolute Gasteiger partial charge is 0.493 e. The molecule has 1 aliphatic rings. The van der Waals surface area contributed by atoms with Gasteiger partial charge in [-0.25, -0.2) is 4.99 Å². The summed E-state index contributed by atoms with van der Waals surface area (Å²) in [6.45, 7) is 7.28. The standard InChI is InChI=1S/C21H34N4O3.HI/c1-3-22-21(23-11-6-13-25-12-5-10-20(25)26)24-17-18-8-4-9-19(16-18)28-15-7-14-27-2;/h4,8-9,16H,3,5-7,10-15,17H2,1-2H3,(H2,22,23,24);1H. The van der Waals surface area contributed by atoms with Crippen molar-refractivity contribution >= 4 is 35.8 Å². The van der Waals surface area contributed by atoms with Gasteiger partial charge in [-0.2, -0.15) is 0 Å². The fourth-order valence-electron chi connectivity index (χ4n) is 3.06. The van der Waals surface area contributed by atoms with Crippen molar-refractivity contribution in [3.8, 4) is 5.75 Å². The lowest BCUT2D eigenvalue weighted by molar-refractivity contribution is -0.127. The van der Waals surface area contributed by atoms with Gasteiger partial charge >= 0.3 is 0 Å². The van der Waals surface area contributed by atoms with Crippen LogP contribution in [0.25, 0.3) is 0 Å². The van der Waals surface area contributed by atoms with Crippen LogP contribution < -0.4 is 15.4 Å². The first-order chi connectivity index (χ1) is 13.7. The number of benzene rings is 1. The topological polar surface area (TPSA) is 75.2 Å². The molecule has 164 valence electrons. The Labute approximate surface area is 191 Å². The maximum atomic E-state index is 11.6. The normalized spacial score (nSPS) is 13.9. The van der Waals surface area contributed by atoms with Gasteiger partial charge in [-0.05, 0) is 37.5 Å². The first-order valence-corrected chi connectivity index (χ1v) is 10.2. The molecule has 1 aromatic carbocycles. The number of carbonyl (C=O) groups excluding carboxylic acids is 1. The number of methoxy groups -OCH3 is 1. The van der Waals surface area contributed by atoms with Crippen molar-refractivity contribution in [2.24, 2.45) is 4.99 Å². The molecule has 2 N–H and O–H groups in total. The van der Waals surface area contributed by atoms with Gasteiger partial charge in [0.2, 0.25) is 5.91 Å². The predicted octanol–water partition coefficient (Wildman–Crippen LogP) is 2.79. The number of hydrogen-bond acceptors (Lipinski definition) is 4. The number of ether oxygens (including phenoxy) is 2. The van der Waals surface area contributed by atoms with E-state index in [1.807, 2.05) is 29.2 Å². The van der Waals surface area contributed by atoms with Gasteiger partial charge in [0.15, 0.2) is 5.96 Å². The van der Waals surface area contributed by atoms with Crippen molar-refractivity contribution in [3.05, 3.63) is 29.8 Å². The summed E-state index contributed by atoms with van der Waals surface area (Å²) in [6.07, 6.45) is 3.48. The molecule has 0 aromatic heterocycles. The number of rotatable bonds is 12. The van der Waals surface area contributed by atoms with Gasteiger partial charge < -0.3 is 25.0 Å². The zero-order valence-corrected chi connectivity index (χ0v) is 19.9. The van der Waals surface area contributed by atoms with E-state index in [1.165, 1.54) is 0 Å². The molecular formula is C21H35IN4O3. The van der Waals surface area contributed by atoms with Crippen LogP contribution in [0.2, 0.25) is 0 Å². The lowest BCUT2D eigenvalue weighted by atomic mass is 10.2. The van der Waals surface area contributed by atoms with Crippen molar-refractivity contribution < 1.29 is 14.3 Å². The van der Waals surface area contributed by atoms with Crippen LogP contribution in [0, 0.1) is 0 Å². The van der Waals surface area contributed by atoms with Crippen molar-refractivity contribution in [3.63, 3.8) is 0 Å². The quantitative estimate of drug-likeness (QED) is 0.193. The third kappa shape index (κ3) is 10.2. The first-order valence-electron chi connectivity index (χ1n) is 10.2. The van der Waals surface area contributed by atoms with E-state index < -0.39 is 0 Å². The SMILES string of the molecule is CCNC(=NCc1cccc(OCCCOC)c1)NCCCN1CCCC1=O.I. The summed E-state index contributed by atoms with van der Waals surface area (Å²) >= 11 is 0. The number of hydrogen-bond donors (Lipinski definition) is 2. The Morgan fingerprint density at radius 1 is 1.24 bits per heavy atom. The van der Waals surface area contributed by atoms with Gasteiger partial charge in [-0.3, -0.25) is 4.79 Å². The van der Waals surface area contributed by atoms with Gasteiger partial charge in [-0.15, -0.1) is 24.0 Å². The molecule has 0 atom stereocenters. The van der Waals surface area contributed by atoms with Crippen LogP contribution in [0.15, 0.2) is 29.3 Å². The van der Waals surface area contributed by atoms with Crippen LogP contribution in [-0.2, 0) is 16.1 Å². The Kier molecular flexibility index (Phi) is 13.5. The Hall–Kier alpha value is -1.55.